The van der Waals surface area contributed by atoms with E-state index in [0.29, 0.717) is 40.9 Å². The molecule has 162 valence electrons. The predicted molar refractivity (Wildman–Crippen MR) is 114 cm³/mol. The molecule has 1 aromatic heterocycles. The van der Waals surface area contributed by atoms with Crippen molar-refractivity contribution < 1.29 is 23.7 Å². The standard InChI is InChI=1S/C23H20N4O5/c1-3-29-17-8-12(4-6-15(17)28-2)19-14(10-24)22(25)32-23-20(19)21(26-27-23)13-5-7-16-18(9-13)31-11-30-16/h4-9,14,19,25H,3,11H2,1-2H3,(H,26,27). The van der Waals surface area contributed by atoms with Crippen molar-refractivity contribution in [2.24, 2.45) is 5.92 Å². The second-order valence-corrected chi connectivity index (χ2v) is 7.28. The third-order valence-corrected chi connectivity index (χ3v) is 5.55. The summed E-state index contributed by atoms with van der Waals surface area (Å²) in [6.45, 7) is 2.52. The second kappa shape index (κ2) is 7.81. The number of benzene rings is 2. The molecule has 2 aliphatic heterocycles. The van der Waals surface area contributed by atoms with E-state index in [-0.39, 0.29) is 18.6 Å². The summed E-state index contributed by atoms with van der Waals surface area (Å²) in [4.78, 5) is 0. The van der Waals surface area contributed by atoms with Gasteiger partial charge in [0.05, 0.1) is 31.0 Å². The zero-order chi connectivity index (χ0) is 22.2. The van der Waals surface area contributed by atoms with Crippen molar-refractivity contribution in [2.75, 3.05) is 20.5 Å². The van der Waals surface area contributed by atoms with Crippen LogP contribution in [0.5, 0.6) is 28.9 Å². The fourth-order valence-electron chi connectivity index (χ4n) is 4.11. The molecule has 0 bridgehead atoms. The number of nitrogens with one attached hydrogen (secondary N) is 2. The fraction of sp³-hybridized carbons (Fsp3) is 0.261. The van der Waals surface area contributed by atoms with Gasteiger partial charge in [-0.05, 0) is 42.8 Å². The Kier molecular flexibility index (Phi) is 4.82. The third kappa shape index (κ3) is 3.08. The molecule has 0 saturated heterocycles. The molecule has 0 radical (unpaired) electrons. The van der Waals surface area contributed by atoms with Crippen LogP contribution in [0, 0.1) is 22.7 Å². The van der Waals surface area contributed by atoms with Crippen LogP contribution in [0.3, 0.4) is 0 Å². The minimum absolute atomic E-state index is 0.150. The molecule has 9 nitrogen and oxygen atoms in total. The van der Waals surface area contributed by atoms with Crippen LogP contribution < -0.4 is 23.7 Å². The molecule has 3 heterocycles. The molecule has 2 aromatic carbocycles. The molecule has 3 aromatic rings. The Morgan fingerprint density at radius 3 is 2.81 bits per heavy atom. The molecule has 32 heavy (non-hydrogen) atoms. The molecular weight excluding hydrogens is 412 g/mol. The highest BCUT2D eigenvalue weighted by molar-refractivity contribution is 5.87. The number of nitriles is 1. The van der Waals surface area contributed by atoms with Gasteiger partial charge in [0.2, 0.25) is 18.6 Å². The van der Waals surface area contributed by atoms with Crippen molar-refractivity contribution >= 4 is 5.90 Å². The van der Waals surface area contributed by atoms with Crippen LogP contribution in [-0.2, 0) is 0 Å². The highest BCUT2D eigenvalue weighted by atomic mass is 16.7. The average molecular weight is 432 g/mol. The number of rotatable bonds is 5. The van der Waals surface area contributed by atoms with Gasteiger partial charge in [-0.15, -0.1) is 5.10 Å². The number of aromatic amines is 1. The Bertz CT molecular complexity index is 1250. The van der Waals surface area contributed by atoms with Crippen LogP contribution in [0.15, 0.2) is 36.4 Å². The summed E-state index contributed by atoms with van der Waals surface area (Å²) < 4.78 is 27.7. The maximum atomic E-state index is 9.92. The van der Waals surface area contributed by atoms with E-state index < -0.39 is 11.8 Å². The summed E-state index contributed by atoms with van der Waals surface area (Å²) in [5.41, 5.74) is 2.97. The summed E-state index contributed by atoms with van der Waals surface area (Å²) in [6.07, 6.45) is 0. The molecule has 0 fully saturated rings. The second-order valence-electron chi connectivity index (χ2n) is 7.28. The minimum atomic E-state index is -0.837. The third-order valence-electron chi connectivity index (χ3n) is 5.55. The van der Waals surface area contributed by atoms with Crippen molar-refractivity contribution in [3.05, 3.63) is 47.5 Å². The Balaban J connectivity index is 1.67. The van der Waals surface area contributed by atoms with Crippen molar-refractivity contribution in [2.45, 2.75) is 12.8 Å². The fourth-order valence-corrected chi connectivity index (χ4v) is 4.11. The molecule has 0 saturated carbocycles. The summed E-state index contributed by atoms with van der Waals surface area (Å²) in [5.74, 6) is 1.24. The van der Waals surface area contributed by atoms with E-state index in [0.717, 1.165) is 11.1 Å². The van der Waals surface area contributed by atoms with Crippen LogP contribution in [0.4, 0.5) is 0 Å². The lowest BCUT2D eigenvalue weighted by molar-refractivity contribution is 0.174. The number of hydrogen-bond donors (Lipinski definition) is 2. The van der Waals surface area contributed by atoms with Crippen LogP contribution in [0.1, 0.15) is 24.0 Å². The highest BCUT2D eigenvalue weighted by Crippen LogP contribution is 2.48. The summed E-state index contributed by atoms with van der Waals surface area (Å²) >= 11 is 0. The smallest absolute Gasteiger partial charge is 0.244 e. The lowest BCUT2D eigenvalue weighted by Crippen LogP contribution is -2.30. The average Bonchev–Trinajstić information content (AvgIpc) is 3.44. The van der Waals surface area contributed by atoms with E-state index in [1.165, 1.54) is 0 Å². The molecule has 2 N–H and O–H groups in total. The van der Waals surface area contributed by atoms with Crippen LogP contribution in [0.2, 0.25) is 0 Å². The molecule has 0 aliphatic carbocycles. The number of nitrogens with zero attached hydrogens (tertiary/aromatic N) is 2. The first-order valence-electron chi connectivity index (χ1n) is 10.1. The quantitative estimate of drug-likeness (QED) is 0.628. The summed E-state index contributed by atoms with van der Waals surface area (Å²) in [6, 6.07) is 13.3. The lowest BCUT2D eigenvalue weighted by Gasteiger charge is -2.28. The van der Waals surface area contributed by atoms with Gasteiger partial charge in [-0.25, -0.2) is 0 Å². The van der Waals surface area contributed by atoms with E-state index in [1.54, 1.807) is 13.2 Å². The van der Waals surface area contributed by atoms with Gasteiger partial charge in [-0.1, -0.05) is 6.07 Å². The molecule has 5 rings (SSSR count). The highest BCUT2D eigenvalue weighted by Gasteiger charge is 2.41. The summed E-state index contributed by atoms with van der Waals surface area (Å²) in [5, 5.41) is 25.5. The minimum Gasteiger partial charge on any atom is -0.493 e. The molecule has 2 aliphatic rings. The van der Waals surface area contributed by atoms with Gasteiger partial charge >= 0.3 is 0 Å². The number of hydrogen-bond acceptors (Lipinski definition) is 8. The van der Waals surface area contributed by atoms with Gasteiger partial charge in [0, 0.05) is 11.5 Å². The van der Waals surface area contributed by atoms with E-state index in [4.69, 9.17) is 29.1 Å². The first-order chi connectivity index (χ1) is 15.6. The molecule has 2 atom stereocenters. The van der Waals surface area contributed by atoms with E-state index in [1.807, 2.05) is 37.3 Å². The number of aromatic nitrogens is 2. The maximum absolute atomic E-state index is 9.92. The van der Waals surface area contributed by atoms with Gasteiger partial charge in [0.1, 0.15) is 5.92 Å². The Morgan fingerprint density at radius 2 is 2.03 bits per heavy atom. The number of ether oxygens (including phenoxy) is 5. The lowest BCUT2D eigenvalue weighted by atomic mass is 9.78. The van der Waals surface area contributed by atoms with E-state index in [9.17, 15) is 5.26 Å². The van der Waals surface area contributed by atoms with Gasteiger partial charge in [0.15, 0.2) is 23.0 Å². The Morgan fingerprint density at radius 1 is 1.19 bits per heavy atom. The van der Waals surface area contributed by atoms with Crippen LogP contribution in [0.25, 0.3) is 11.3 Å². The molecule has 2 unspecified atom stereocenters. The maximum Gasteiger partial charge on any atom is 0.244 e. The van der Waals surface area contributed by atoms with Gasteiger partial charge in [-0.3, -0.25) is 10.5 Å². The van der Waals surface area contributed by atoms with Crippen molar-refractivity contribution in [1.82, 2.24) is 10.2 Å². The zero-order valence-corrected chi connectivity index (χ0v) is 17.5. The van der Waals surface area contributed by atoms with Gasteiger partial charge < -0.3 is 23.7 Å². The monoisotopic (exact) mass is 432 g/mol. The molecule has 0 spiro atoms. The predicted octanol–water partition coefficient (Wildman–Crippen LogP) is 3.85. The van der Waals surface area contributed by atoms with Gasteiger partial charge in [0.25, 0.3) is 0 Å². The SMILES string of the molecule is CCOc1cc(C2c3c(n[nH]c3-c3ccc4c(c3)OCO4)OC(=N)C2C#N)ccc1OC. The first kappa shape index (κ1) is 19.8. The van der Waals surface area contributed by atoms with Gasteiger partial charge in [-0.2, -0.15) is 5.26 Å². The molecule has 0 amide bonds. The number of fused-ring (bicyclic) bond motifs is 2. The van der Waals surface area contributed by atoms with Crippen molar-refractivity contribution in [1.29, 1.82) is 10.7 Å². The van der Waals surface area contributed by atoms with Crippen LogP contribution >= 0.6 is 0 Å². The summed E-state index contributed by atoms with van der Waals surface area (Å²) in [7, 11) is 1.58. The van der Waals surface area contributed by atoms with Crippen molar-refractivity contribution in [3.8, 4) is 46.2 Å². The Labute approximate surface area is 183 Å². The largest absolute Gasteiger partial charge is 0.493 e. The molecular formula is C23H20N4O5. The molecule has 9 heteroatoms. The Hall–Kier alpha value is -4.19. The van der Waals surface area contributed by atoms with E-state index >= 15 is 0 Å². The number of methoxy groups -OCH3 is 1. The van der Waals surface area contributed by atoms with E-state index in [2.05, 4.69) is 16.3 Å². The van der Waals surface area contributed by atoms with Crippen LogP contribution in [-0.4, -0.2) is 36.6 Å². The van der Waals surface area contributed by atoms with Crippen molar-refractivity contribution in [3.63, 3.8) is 0 Å². The normalized spacial score (nSPS) is 18.5. The topological polar surface area (TPSA) is 122 Å². The first-order valence-corrected chi connectivity index (χ1v) is 10.1. The number of H-pyrrole nitrogens is 1. The zero-order valence-electron chi connectivity index (χ0n) is 17.5.